The first-order chi connectivity index (χ1) is 8.38. The van der Waals surface area contributed by atoms with E-state index in [9.17, 15) is 4.79 Å². The summed E-state index contributed by atoms with van der Waals surface area (Å²) in [5.74, 6) is 1.12. The van der Waals surface area contributed by atoms with Crippen LogP contribution in [0.2, 0.25) is 0 Å². The Kier molecular flexibility index (Phi) is 3.54. The smallest absolute Gasteiger partial charge is 0.302 e. The largest absolute Gasteiger partial charge is 0.465 e. The lowest BCUT2D eigenvalue weighted by atomic mass is 9.56. The second kappa shape index (κ2) is 4.69. The molecular weight excluding hydrogens is 228 g/mol. The first-order valence-corrected chi connectivity index (χ1v) is 6.82. The topological polar surface area (TPSA) is 35.5 Å². The summed E-state index contributed by atoms with van der Waals surface area (Å²) in [6, 6.07) is 0. The van der Waals surface area contributed by atoms with Crippen molar-refractivity contribution in [3.8, 4) is 0 Å². The molecule has 0 radical (unpaired) electrons. The standard InChI is InChI=1S/C15H24O3/c1-9-6-10(2)15(8-18-13(5)16)7-17-12(4)14(9)11(15)3/h6,10-12,14H,7-8H2,1-5H3/t10?,11-,12?,14?,15?/m0/s1. The van der Waals surface area contributed by atoms with Crippen LogP contribution in [0.4, 0.5) is 0 Å². The van der Waals surface area contributed by atoms with Gasteiger partial charge >= 0.3 is 5.97 Å². The maximum Gasteiger partial charge on any atom is 0.302 e. The van der Waals surface area contributed by atoms with Crippen LogP contribution in [0.25, 0.3) is 0 Å². The van der Waals surface area contributed by atoms with Crippen LogP contribution >= 0.6 is 0 Å². The van der Waals surface area contributed by atoms with E-state index < -0.39 is 0 Å². The third-order valence-corrected chi connectivity index (χ3v) is 5.06. The zero-order valence-electron chi connectivity index (χ0n) is 12.0. The van der Waals surface area contributed by atoms with Crippen LogP contribution < -0.4 is 0 Å². The fraction of sp³-hybridized carbons (Fsp3) is 0.800. The second-order valence-electron chi connectivity index (χ2n) is 6.04. The van der Waals surface area contributed by atoms with Gasteiger partial charge in [0.1, 0.15) is 0 Å². The highest BCUT2D eigenvalue weighted by Gasteiger charge is 2.53. The molecule has 18 heavy (non-hydrogen) atoms. The van der Waals surface area contributed by atoms with Crippen LogP contribution in [0.1, 0.15) is 34.6 Å². The Bertz CT molecular complexity index is 374. The van der Waals surface area contributed by atoms with Crippen molar-refractivity contribution >= 4 is 5.97 Å². The van der Waals surface area contributed by atoms with E-state index >= 15 is 0 Å². The molecule has 0 amide bonds. The Morgan fingerprint density at radius 3 is 2.78 bits per heavy atom. The van der Waals surface area contributed by atoms with Crippen molar-refractivity contribution in [2.24, 2.45) is 23.2 Å². The van der Waals surface area contributed by atoms with Gasteiger partial charge in [-0.05, 0) is 25.7 Å². The van der Waals surface area contributed by atoms with Crippen molar-refractivity contribution in [2.75, 3.05) is 13.2 Å². The van der Waals surface area contributed by atoms with Gasteiger partial charge in [-0.15, -0.1) is 0 Å². The predicted molar refractivity (Wildman–Crippen MR) is 70.1 cm³/mol. The van der Waals surface area contributed by atoms with Crippen molar-refractivity contribution < 1.29 is 14.3 Å². The minimum absolute atomic E-state index is 0.0532. The van der Waals surface area contributed by atoms with Gasteiger partial charge in [0.2, 0.25) is 0 Å². The van der Waals surface area contributed by atoms with Gasteiger partial charge in [0.25, 0.3) is 0 Å². The summed E-state index contributed by atoms with van der Waals surface area (Å²) >= 11 is 0. The van der Waals surface area contributed by atoms with Gasteiger partial charge in [-0.25, -0.2) is 0 Å². The van der Waals surface area contributed by atoms with Crippen molar-refractivity contribution in [3.05, 3.63) is 11.6 Å². The lowest BCUT2D eigenvalue weighted by Crippen LogP contribution is -2.56. The van der Waals surface area contributed by atoms with E-state index in [0.29, 0.717) is 31.0 Å². The number of ether oxygens (including phenoxy) is 2. The predicted octanol–water partition coefficient (Wildman–Crippen LogP) is 2.80. The van der Waals surface area contributed by atoms with Gasteiger partial charge in [-0.1, -0.05) is 25.5 Å². The van der Waals surface area contributed by atoms with E-state index in [0.717, 1.165) is 0 Å². The first kappa shape index (κ1) is 13.6. The monoisotopic (exact) mass is 252 g/mol. The summed E-state index contributed by atoms with van der Waals surface area (Å²) in [6.07, 6.45) is 2.60. The third-order valence-electron chi connectivity index (χ3n) is 5.06. The molecule has 0 aromatic carbocycles. The van der Waals surface area contributed by atoms with Crippen molar-refractivity contribution in [2.45, 2.75) is 40.7 Å². The number of esters is 1. The molecule has 1 saturated heterocycles. The van der Waals surface area contributed by atoms with Crippen molar-refractivity contribution in [1.82, 2.24) is 0 Å². The number of rotatable bonds is 2. The zero-order chi connectivity index (χ0) is 13.5. The molecule has 0 aromatic heterocycles. The van der Waals surface area contributed by atoms with E-state index in [2.05, 4.69) is 33.8 Å². The molecule has 1 aliphatic heterocycles. The number of hydrogen-bond acceptors (Lipinski definition) is 3. The molecule has 2 aliphatic rings. The van der Waals surface area contributed by atoms with E-state index in [4.69, 9.17) is 9.47 Å². The van der Waals surface area contributed by atoms with E-state index in [1.807, 2.05) is 0 Å². The number of allylic oxidation sites excluding steroid dienone is 1. The van der Waals surface area contributed by atoms with Crippen LogP contribution in [0.5, 0.6) is 0 Å². The molecule has 4 unspecified atom stereocenters. The maximum atomic E-state index is 11.1. The van der Waals surface area contributed by atoms with Crippen LogP contribution in [0.3, 0.4) is 0 Å². The molecule has 2 rings (SSSR count). The first-order valence-electron chi connectivity index (χ1n) is 6.82. The summed E-state index contributed by atoms with van der Waals surface area (Å²) < 4.78 is 11.3. The fourth-order valence-electron chi connectivity index (χ4n) is 3.81. The molecule has 0 aromatic rings. The minimum atomic E-state index is -0.203. The summed E-state index contributed by atoms with van der Waals surface area (Å²) in [5.41, 5.74) is 1.36. The SMILES string of the molecule is CC(=O)OCC12COC(C)C(C(C)=CC1C)[C@@H]2C. The Morgan fingerprint density at radius 2 is 2.17 bits per heavy atom. The average Bonchev–Trinajstić information content (AvgIpc) is 2.26. The van der Waals surface area contributed by atoms with Gasteiger partial charge in [0, 0.05) is 18.3 Å². The summed E-state index contributed by atoms with van der Waals surface area (Å²) in [6.45, 7) is 11.4. The van der Waals surface area contributed by atoms with E-state index in [1.165, 1.54) is 12.5 Å². The highest BCUT2D eigenvalue weighted by atomic mass is 16.5. The average molecular weight is 252 g/mol. The lowest BCUT2D eigenvalue weighted by Gasteiger charge is -2.54. The Hall–Kier alpha value is -0.830. The number of fused-ring (bicyclic) bond motifs is 2. The van der Waals surface area contributed by atoms with Gasteiger partial charge in [0.05, 0.1) is 19.3 Å². The quantitative estimate of drug-likeness (QED) is 0.560. The van der Waals surface area contributed by atoms with Crippen LogP contribution in [-0.4, -0.2) is 25.3 Å². The van der Waals surface area contributed by atoms with Gasteiger partial charge < -0.3 is 9.47 Å². The molecule has 5 atom stereocenters. The molecule has 1 aliphatic carbocycles. The lowest BCUT2D eigenvalue weighted by molar-refractivity contribution is -0.175. The number of carbonyl (C=O) groups is 1. The molecule has 0 spiro atoms. The Balaban J connectivity index is 2.31. The fourth-order valence-corrected chi connectivity index (χ4v) is 3.81. The molecule has 0 N–H and O–H groups in total. The van der Waals surface area contributed by atoms with Crippen LogP contribution in [-0.2, 0) is 14.3 Å². The molecule has 1 heterocycles. The van der Waals surface area contributed by atoms with Crippen LogP contribution in [0.15, 0.2) is 11.6 Å². The molecule has 3 nitrogen and oxygen atoms in total. The molecule has 102 valence electrons. The molecular formula is C15H24O3. The second-order valence-corrected chi connectivity index (χ2v) is 6.04. The van der Waals surface area contributed by atoms with Gasteiger partial charge in [-0.2, -0.15) is 0 Å². The summed E-state index contributed by atoms with van der Waals surface area (Å²) in [4.78, 5) is 11.1. The van der Waals surface area contributed by atoms with Gasteiger partial charge in [0.15, 0.2) is 0 Å². The number of hydrogen-bond donors (Lipinski definition) is 0. The minimum Gasteiger partial charge on any atom is -0.465 e. The summed E-state index contributed by atoms with van der Waals surface area (Å²) in [7, 11) is 0. The highest BCUT2D eigenvalue weighted by Crippen LogP contribution is 2.52. The molecule has 3 heteroatoms. The third kappa shape index (κ3) is 1.99. The van der Waals surface area contributed by atoms with E-state index in [-0.39, 0.29) is 17.5 Å². The maximum absolute atomic E-state index is 11.1. The number of carbonyl (C=O) groups excluding carboxylic acids is 1. The molecule has 2 bridgehead atoms. The van der Waals surface area contributed by atoms with Crippen molar-refractivity contribution in [1.29, 1.82) is 0 Å². The Labute approximate surface area is 110 Å². The van der Waals surface area contributed by atoms with Crippen LogP contribution in [0, 0.1) is 23.2 Å². The van der Waals surface area contributed by atoms with Gasteiger partial charge in [-0.3, -0.25) is 4.79 Å². The summed E-state index contributed by atoms with van der Waals surface area (Å²) in [5, 5.41) is 0. The van der Waals surface area contributed by atoms with E-state index in [1.54, 1.807) is 0 Å². The normalized spacial score (nSPS) is 43.3. The van der Waals surface area contributed by atoms with Crippen molar-refractivity contribution in [3.63, 3.8) is 0 Å². The Morgan fingerprint density at radius 1 is 1.50 bits per heavy atom. The molecule has 1 fully saturated rings. The zero-order valence-corrected chi connectivity index (χ0v) is 12.0. The highest BCUT2D eigenvalue weighted by molar-refractivity contribution is 5.65. The molecule has 0 saturated carbocycles.